The molecule has 1 amide bonds. The molecule has 0 radical (unpaired) electrons. The Morgan fingerprint density at radius 1 is 1.04 bits per heavy atom. The first kappa shape index (κ1) is 14.3. The van der Waals surface area contributed by atoms with Gasteiger partial charge in [0.25, 0.3) is 0 Å². The second-order valence-electron chi connectivity index (χ2n) is 6.45. The Morgan fingerprint density at radius 3 is 2.61 bits per heavy atom. The minimum Gasteiger partial charge on any atom is -0.445 e. The van der Waals surface area contributed by atoms with Gasteiger partial charge in [-0.3, -0.25) is 0 Å². The van der Waals surface area contributed by atoms with Crippen LogP contribution in [0.15, 0.2) is 54.6 Å². The van der Waals surface area contributed by atoms with Gasteiger partial charge in [-0.2, -0.15) is 0 Å². The molecule has 1 fully saturated rings. The summed E-state index contributed by atoms with van der Waals surface area (Å²) >= 11 is 0. The SMILES string of the molecule is O=C(OCc1ccccc1)N1CCCC2CC1c1ccccc12. The quantitative estimate of drug-likeness (QED) is 0.808. The van der Waals surface area contributed by atoms with Crippen LogP contribution in [-0.4, -0.2) is 17.5 Å². The predicted octanol–water partition coefficient (Wildman–Crippen LogP) is 4.65. The van der Waals surface area contributed by atoms with Gasteiger partial charge >= 0.3 is 6.09 Å². The molecule has 0 saturated carbocycles. The van der Waals surface area contributed by atoms with Crippen molar-refractivity contribution in [3.05, 3.63) is 71.3 Å². The summed E-state index contributed by atoms with van der Waals surface area (Å²) in [5.41, 5.74) is 3.77. The number of ether oxygens (including phenoxy) is 1. The van der Waals surface area contributed by atoms with Gasteiger partial charge < -0.3 is 9.64 Å². The van der Waals surface area contributed by atoms with Crippen molar-refractivity contribution < 1.29 is 9.53 Å². The Morgan fingerprint density at radius 2 is 1.78 bits per heavy atom. The van der Waals surface area contributed by atoms with E-state index in [1.165, 1.54) is 11.1 Å². The fraction of sp³-hybridized carbons (Fsp3) is 0.350. The third-order valence-electron chi connectivity index (χ3n) is 5.07. The molecule has 1 heterocycles. The standard InChI is InChI=1S/C20H21NO2/c22-20(23-14-15-7-2-1-3-8-15)21-12-6-9-16-13-19(21)18-11-5-4-10-17(16)18/h1-5,7-8,10-11,16,19H,6,9,12-14H2. The summed E-state index contributed by atoms with van der Waals surface area (Å²) in [5.74, 6) is 0.600. The maximum Gasteiger partial charge on any atom is 0.410 e. The number of amides is 1. The van der Waals surface area contributed by atoms with Crippen LogP contribution < -0.4 is 0 Å². The van der Waals surface area contributed by atoms with Gasteiger partial charge in [-0.25, -0.2) is 4.79 Å². The summed E-state index contributed by atoms with van der Waals surface area (Å²) in [6, 6.07) is 18.6. The zero-order valence-electron chi connectivity index (χ0n) is 13.2. The van der Waals surface area contributed by atoms with E-state index in [9.17, 15) is 4.79 Å². The Bertz CT molecular complexity index is 698. The van der Waals surface area contributed by atoms with Crippen LogP contribution in [0.1, 0.15) is 47.9 Å². The van der Waals surface area contributed by atoms with E-state index in [1.54, 1.807) is 0 Å². The predicted molar refractivity (Wildman–Crippen MR) is 89.1 cm³/mol. The number of rotatable bonds is 2. The van der Waals surface area contributed by atoms with E-state index in [0.717, 1.165) is 31.4 Å². The van der Waals surface area contributed by atoms with Gasteiger partial charge in [0.15, 0.2) is 0 Å². The highest BCUT2D eigenvalue weighted by Crippen LogP contribution is 2.47. The Labute approximate surface area is 136 Å². The largest absolute Gasteiger partial charge is 0.445 e. The van der Waals surface area contributed by atoms with Crippen molar-refractivity contribution in [1.82, 2.24) is 4.90 Å². The molecule has 0 N–H and O–H groups in total. The molecular weight excluding hydrogens is 286 g/mol. The van der Waals surface area contributed by atoms with Gasteiger partial charge in [0.1, 0.15) is 6.61 Å². The molecule has 2 bridgehead atoms. The number of hydrogen-bond donors (Lipinski definition) is 0. The second kappa shape index (κ2) is 6.07. The van der Waals surface area contributed by atoms with Gasteiger partial charge in [-0.15, -0.1) is 0 Å². The van der Waals surface area contributed by atoms with E-state index in [0.29, 0.717) is 12.5 Å². The molecule has 3 heteroatoms. The first-order valence-electron chi connectivity index (χ1n) is 8.39. The molecule has 0 aromatic heterocycles. The lowest BCUT2D eigenvalue weighted by Crippen LogP contribution is -2.34. The van der Waals surface area contributed by atoms with Crippen LogP contribution >= 0.6 is 0 Å². The minimum absolute atomic E-state index is 0.182. The molecule has 23 heavy (non-hydrogen) atoms. The number of hydrogen-bond acceptors (Lipinski definition) is 2. The van der Waals surface area contributed by atoms with Gasteiger partial charge in [0, 0.05) is 6.54 Å². The molecule has 2 aliphatic rings. The molecule has 4 rings (SSSR count). The molecule has 118 valence electrons. The monoisotopic (exact) mass is 307 g/mol. The van der Waals surface area contributed by atoms with Crippen LogP contribution in [0.2, 0.25) is 0 Å². The van der Waals surface area contributed by atoms with Gasteiger partial charge in [0.2, 0.25) is 0 Å². The number of carbonyl (C=O) groups is 1. The molecule has 2 aromatic carbocycles. The van der Waals surface area contributed by atoms with E-state index in [4.69, 9.17) is 4.74 Å². The molecule has 2 atom stereocenters. The summed E-state index contributed by atoms with van der Waals surface area (Å²) in [5, 5.41) is 0. The topological polar surface area (TPSA) is 29.5 Å². The van der Waals surface area contributed by atoms with Crippen LogP contribution in [0.4, 0.5) is 4.79 Å². The molecular formula is C20H21NO2. The lowest BCUT2D eigenvalue weighted by Gasteiger charge is -2.28. The number of nitrogens with zero attached hydrogens (tertiary/aromatic N) is 1. The Kier molecular flexibility index (Phi) is 3.78. The van der Waals surface area contributed by atoms with Gasteiger partial charge in [-0.05, 0) is 41.9 Å². The molecule has 2 unspecified atom stereocenters. The molecule has 3 nitrogen and oxygen atoms in total. The summed E-state index contributed by atoms with van der Waals surface area (Å²) in [6.45, 7) is 1.14. The van der Waals surface area contributed by atoms with E-state index in [1.807, 2.05) is 35.2 Å². The molecule has 0 spiro atoms. The maximum atomic E-state index is 12.6. The van der Waals surface area contributed by atoms with E-state index in [2.05, 4.69) is 24.3 Å². The van der Waals surface area contributed by atoms with Crippen LogP contribution in [0.25, 0.3) is 0 Å². The van der Waals surface area contributed by atoms with E-state index >= 15 is 0 Å². The summed E-state index contributed by atoms with van der Waals surface area (Å²) in [6.07, 6.45) is 3.07. The van der Waals surface area contributed by atoms with Crippen molar-refractivity contribution in [2.75, 3.05) is 6.54 Å². The van der Waals surface area contributed by atoms with Crippen LogP contribution in [0.3, 0.4) is 0 Å². The maximum absolute atomic E-state index is 12.6. The van der Waals surface area contributed by atoms with E-state index < -0.39 is 0 Å². The summed E-state index contributed by atoms with van der Waals surface area (Å²) in [7, 11) is 0. The number of benzene rings is 2. The zero-order chi connectivity index (χ0) is 15.6. The molecule has 1 saturated heterocycles. The second-order valence-corrected chi connectivity index (χ2v) is 6.45. The average molecular weight is 307 g/mol. The smallest absolute Gasteiger partial charge is 0.410 e. The number of likely N-dealkylation sites (tertiary alicyclic amines) is 1. The summed E-state index contributed by atoms with van der Waals surface area (Å²) in [4.78, 5) is 14.6. The Hall–Kier alpha value is -2.29. The Balaban J connectivity index is 1.51. The van der Waals surface area contributed by atoms with Gasteiger partial charge in [-0.1, -0.05) is 54.6 Å². The number of fused-ring (bicyclic) bond motifs is 5. The van der Waals surface area contributed by atoms with Crippen molar-refractivity contribution in [3.8, 4) is 0 Å². The lowest BCUT2D eigenvalue weighted by molar-refractivity contribution is 0.0820. The summed E-state index contributed by atoms with van der Waals surface area (Å²) < 4.78 is 5.58. The highest BCUT2D eigenvalue weighted by molar-refractivity contribution is 5.69. The minimum atomic E-state index is -0.184. The van der Waals surface area contributed by atoms with Crippen molar-refractivity contribution in [2.24, 2.45) is 0 Å². The fourth-order valence-corrected chi connectivity index (χ4v) is 3.96. The highest BCUT2D eigenvalue weighted by Gasteiger charge is 2.39. The van der Waals surface area contributed by atoms with E-state index in [-0.39, 0.29) is 12.1 Å². The molecule has 1 aliphatic carbocycles. The van der Waals surface area contributed by atoms with Crippen molar-refractivity contribution >= 4 is 6.09 Å². The number of carbonyl (C=O) groups excluding carboxylic acids is 1. The van der Waals surface area contributed by atoms with Crippen LogP contribution in [0.5, 0.6) is 0 Å². The van der Waals surface area contributed by atoms with Gasteiger partial charge in [0.05, 0.1) is 6.04 Å². The molecule has 2 aromatic rings. The van der Waals surface area contributed by atoms with Crippen molar-refractivity contribution in [3.63, 3.8) is 0 Å². The highest BCUT2D eigenvalue weighted by atomic mass is 16.6. The normalized spacial score (nSPS) is 22.3. The van der Waals surface area contributed by atoms with Crippen molar-refractivity contribution in [2.45, 2.75) is 37.8 Å². The molecule has 1 aliphatic heterocycles. The average Bonchev–Trinajstić information content (AvgIpc) is 2.80. The third-order valence-corrected chi connectivity index (χ3v) is 5.07. The van der Waals surface area contributed by atoms with Crippen LogP contribution in [-0.2, 0) is 11.3 Å². The first-order valence-corrected chi connectivity index (χ1v) is 8.39. The first-order chi connectivity index (χ1) is 11.3. The van der Waals surface area contributed by atoms with Crippen molar-refractivity contribution in [1.29, 1.82) is 0 Å². The zero-order valence-corrected chi connectivity index (χ0v) is 13.2. The van der Waals surface area contributed by atoms with Crippen LogP contribution in [0, 0.1) is 0 Å². The lowest BCUT2D eigenvalue weighted by atomic mass is 9.96. The fourth-order valence-electron chi connectivity index (χ4n) is 3.96. The third kappa shape index (κ3) is 2.72.